The number of methoxy groups -OCH3 is 1. The summed E-state index contributed by atoms with van der Waals surface area (Å²) in [6, 6.07) is 11.2. The summed E-state index contributed by atoms with van der Waals surface area (Å²) in [6.07, 6.45) is 0. The number of aliphatic hydroxyl groups excluding tert-OH is 1. The predicted octanol–water partition coefficient (Wildman–Crippen LogP) is 3.09. The number of anilines is 1. The van der Waals surface area contributed by atoms with Crippen LogP contribution in [-0.4, -0.2) is 28.8 Å². The molecule has 1 atom stereocenters. The lowest BCUT2D eigenvalue weighted by Gasteiger charge is -2.26. The number of ketones is 1. The molecule has 3 rings (SSSR count). The van der Waals surface area contributed by atoms with E-state index in [9.17, 15) is 24.8 Å². The summed E-state index contributed by atoms with van der Waals surface area (Å²) in [5.41, 5.74) is 0.489. The number of non-ortho nitro benzene ring substituents is 1. The van der Waals surface area contributed by atoms with Crippen molar-refractivity contribution in [3.05, 3.63) is 75.5 Å². The van der Waals surface area contributed by atoms with E-state index in [0.29, 0.717) is 17.0 Å². The van der Waals surface area contributed by atoms with E-state index in [0.717, 1.165) is 0 Å². The fourth-order valence-electron chi connectivity index (χ4n) is 3.10. The number of nitro groups is 1. The van der Waals surface area contributed by atoms with Gasteiger partial charge in [-0.2, -0.15) is 0 Å². The van der Waals surface area contributed by atoms with E-state index in [-0.39, 0.29) is 11.3 Å². The Morgan fingerprint density at radius 2 is 1.89 bits per heavy atom. The normalized spacial score (nSPS) is 16.6. The number of carbonyl (C=O) groups is 2. The van der Waals surface area contributed by atoms with Gasteiger partial charge in [0.2, 0.25) is 0 Å². The molecule has 0 radical (unpaired) electrons. The SMILES string of the molecule is COc1ccc(N2C(=O)C(O)=C(C(C)=O)[C@@H]2c2cccc([N+](=O)[O-])c2)cc1. The Balaban J connectivity index is 2.16. The summed E-state index contributed by atoms with van der Waals surface area (Å²) in [7, 11) is 1.50. The van der Waals surface area contributed by atoms with Crippen molar-refractivity contribution < 1.29 is 24.4 Å². The Morgan fingerprint density at radius 1 is 1.22 bits per heavy atom. The second-order valence-electron chi connectivity index (χ2n) is 5.95. The molecule has 8 heteroatoms. The average Bonchev–Trinajstić information content (AvgIpc) is 2.93. The van der Waals surface area contributed by atoms with Gasteiger partial charge in [-0.3, -0.25) is 24.6 Å². The first-order valence-electron chi connectivity index (χ1n) is 8.01. The Hall–Kier alpha value is -3.68. The molecule has 1 aliphatic rings. The molecule has 0 aromatic heterocycles. The zero-order valence-electron chi connectivity index (χ0n) is 14.6. The molecule has 0 fully saturated rings. The summed E-state index contributed by atoms with van der Waals surface area (Å²) in [5, 5.41) is 21.4. The van der Waals surface area contributed by atoms with Crippen LogP contribution in [0.5, 0.6) is 5.75 Å². The highest BCUT2D eigenvalue weighted by molar-refractivity contribution is 6.16. The standard InChI is InChI=1S/C19H16N2O6/c1-11(22)16-17(12-4-3-5-14(10-12)21(25)26)20(19(24)18(16)23)13-6-8-15(27-2)9-7-13/h3-10,17,23H,1-2H3/t17-/m0/s1. The summed E-state index contributed by atoms with van der Waals surface area (Å²) < 4.78 is 5.10. The van der Waals surface area contributed by atoms with Gasteiger partial charge >= 0.3 is 0 Å². The monoisotopic (exact) mass is 368 g/mol. The van der Waals surface area contributed by atoms with Crippen LogP contribution in [0.3, 0.4) is 0 Å². The molecule has 0 saturated carbocycles. The lowest BCUT2D eigenvalue weighted by Crippen LogP contribution is -2.30. The Labute approximate surface area is 154 Å². The molecule has 1 amide bonds. The zero-order valence-corrected chi connectivity index (χ0v) is 14.6. The maximum absolute atomic E-state index is 12.7. The maximum Gasteiger partial charge on any atom is 0.294 e. The molecule has 8 nitrogen and oxygen atoms in total. The topological polar surface area (TPSA) is 110 Å². The largest absolute Gasteiger partial charge is 0.503 e. The van der Waals surface area contributed by atoms with Crippen LogP contribution in [0.4, 0.5) is 11.4 Å². The van der Waals surface area contributed by atoms with Crippen LogP contribution >= 0.6 is 0 Å². The second kappa shape index (κ2) is 6.91. The third-order valence-electron chi connectivity index (χ3n) is 4.33. The van der Waals surface area contributed by atoms with Crippen molar-refractivity contribution in [2.24, 2.45) is 0 Å². The summed E-state index contributed by atoms with van der Waals surface area (Å²) in [4.78, 5) is 36.6. The number of nitro benzene ring substituents is 1. The van der Waals surface area contributed by atoms with Gasteiger partial charge < -0.3 is 9.84 Å². The van der Waals surface area contributed by atoms with Crippen molar-refractivity contribution in [3.8, 4) is 5.75 Å². The molecular weight excluding hydrogens is 352 g/mol. The van der Waals surface area contributed by atoms with Gasteiger partial charge in [0.25, 0.3) is 11.6 Å². The van der Waals surface area contributed by atoms with E-state index in [4.69, 9.17) is 4.74 Å². The van der Waals surface area contributed by atoms with Crippen LogP contribution in [0.25, 0.3) is 0 Å². The molecule has 0 bridgehead atoms. The molecule has 2 aromatic rings. The molecule has 27 heavy (non-hydrogen) atoms. The van der Waals surface area contributed by atoms with E-state index >= 15 is 0 Å². The minimum Gasteiger partial charge on any atom is -0.503 e. The van der Waals surface area contributed by atoms with E-state index in [1.54, 1.807) is 30.3 Å². The molecular formula is C19H16N2O6. The van der Waals surface area contributed by atoms with E-state index in [1.165, 1.54) is 37.1 Å². The van der Waals surface area contributed by atoms with Crippen molar-refractivity contribution in [3.63, 3.8) is 0 Å². The smallest absolute Gasteiger partial charge is 0.294 e. The predicted molar refractivity (Wildman–Crippen MR) is 96.7 cm³/mol. The lowest BCUT2D eigenvalue weighted by atomic mass is 9.96. The fraction of sp³-hybridized carbons (Fsp3) is 0.158. The molecule has 0 spiro atoms. The van der Waals surface area contributed by atoms with Crippen LogP contribution in [0.2, 0.25) is 0 Å². The molecule has 2 aromatic carbocycles. The number of aliphatic hydroxyl groups is 1. The van der Waals surface area contributed by atoms with Gasteiger partial charge in [-0.25, -0.2) is 0 Å². The quantitative estimate of drug-likeness (QED) is 0.641. The first-order chi connectivity index (χ1) is 12.8. The Bertz CT molecular complexity index is 964. The number of rotatable bonds is 5. The van der Waals surface area contributed by atoms with Gasteiger partial charge in [0.15, 0.2) is 11.5 Å². The van der Waals surface area contributed by atoms with Crippen LogP contribution < -0.4 is 9.64 Å². The molecule has 1 heterocycles. The van der Waals surface area contributed by atoms with Crippen molar-refractivity contribution in [2.75, 3.05) is 12.0 Å². The van der Waals surface area contributed by atoms with Crippen molar-refractivity contribution >= 4 is 23.1 Å². The number of nitrogens with zero attached hydrogens (tertiary/aromatic N) is 2. The molecule has 1 N–H and O–H groups in total. The number of amides is 1. The van der Waals surface area contributed by atoms with Gasteiger partial charge in [0.1, 0.15) is 5.75 Å². The van der Waals surface area contributed by atoms with Crippen molar-refractivity contribution in [1.29, 1.82) is 0 Å². The van der Waals surface area contributed by atoms with Crippen LogP contribution in [0.15, 0.2) is 59.9 Å². The Kier molecular flexibility index (Phi) is 4.64. The van der Waals surface area contributed by atoms with Gasteiger partial charge in [0, 0.05) is 17.8 Å². The maximum atomic E-state index is 12.7. The first-order valence-corrected chi connectivity index (χ1v) is 8.01. The summed E-state index contributed by atoms with van der Waals surface area (Å²) in [6.45, 7) is 1.24. The highest BCUT2D eigenvalue weighted by Gasteiger charge is 2.43. The average molecular weight is 368 g/mol. The summed E-state index contributed by atoms with van der Waals surface area (Å²) in [5.74, 6) is -1.33. The second-order valence-corrected chi connectivity index (χ2v) is 5.95. The molecule has 0 aliphatic carbocycles. The summed E-state index contributed by atoms with van der Waals surface area (Å²) >= 11 is 0. The number of ether oxygens (including phenoxy) is 1. The molecule has 0 saturated heterocycles. The van der Waals surface area contributed by atoms with Crippen LogP contribution in [-0.2, 0) is 9.59 Å². The van der Waals surface area contributed by atoms with Crippen LogP contribution in [0.1, 0.15) is 18.5 Å². The van der Waals surface area contributed by atoms with Crippen molar-refractivity contribution in [2.45, 2.75) is 13.0 Å². The third-order valence-corrected chi connectivity index (χ3v) is 4.33. The molecule has 138 valence electrons. The van der Waals surface area contributed by atoms with E-state index < -0.39 is 28.4 Å². The minimum atomic E-state index is -0.969. The number of hydrogen-bond donors (Lipinski definition) is 1. The highest BCUT2D eigenvalue weighted by Crippen LogP contribution is 2.41. The lowest BCUT2D eigenvalue weighted by molar-refractivity contribution is -0.384. The molecule has 1 aliphatic heterocycles. The van der Waals surface area contributed by atoms with Crippen molar-refractivity contribution in [1.82, 2.24) is 0 Å². The molecule has 0 unspecified atom stereocenters. The number of Topliss-reactive ketones (excluding diaryl/α,β-unsaturated/α-hetero) is 1. The number of hydrogen-bond acceptors (Lipinski definition) is 6. The Morgan fingerprint density at radius 3 is 2.44 bits per heavy atom. The van der Waals surface area contributed by atoms with E-state index in [2.05, 4.69) is 0 Å². The zero-order chi connectivity index (χ0) is 19.7. The van der Waals surface area contributed by atoms with E-state index in [1.807, 2.05) is 0 Å². The minimum absolute atomic E-state index is 0.101. The number of carbonyl (C=O) groups excluding carboxylic acids is 2. The fourth-order valence-corrected chi connectivity index (χ4v) is 3.10. The highest BCUT2D eigenvalue weighted by atomic mass is 16.6. The van der Waals surface area contributed by atoms with Gasteiger partial charge in [-0.15, -0.1) is 0 Å². The van der Waals surface area contributed by atoms with Crippen LogP contribution in [0, 0.1) is 10.1 Å². The first kappa shape index (κ1) is 18.1. The van der Waals surface area contributed by atoms with Gasteiger partial charge in [-0.1, -0.05) is 12.1 Å². The van der Waals surface area contributed by atoms with Gasteiger partial charge in [-0.05, 0) is 36.8 Å². The third kappa shape index (κ3) is 3.12. The number of benzene rings is 2. The van der Waals surface area contributed by atoms with Gasteiger partial charge in [0.05, 0.1) is 23.6 Å².